The van der Waals surface area contributed by atoms with Crippen molar-refractivity contribution in [3.05, 3.63) is 82.6 Å². The van der Waals surface area contributed by atoms with E-state index in [9.17, 15) is 4.79 Å². The van der Waals surface area contributed by atoms with Crippen molar-refractivity contribution in [3.63, 3.8) is 0 Å². The van der Waals surface area contributed by atoms with E-state index in [4.69, 9.17) is 4.42 Å². The summed E-state index contributed by atoms with van der Waals surface area (Å²) < 4.78 is 7.58. The van der Waals surface area contributed by atoms with Crippen LogP contribution in [-0.4, -0.2) is 14.8 Å². The fourth-order valence-corrected chi connectivity index (χ4v) is 4.17. The minimum atomic E-state index is -0.0780. The minimum Gasteiger partial charge on any atom is -0.472 e. The highest BCUT2D eigenvalue weighted by Crippen LogP contribution is 2.31. The number of fused-ring (bicyclic) bond motifs is 2. The van der Waals surface area contributed by atoms with Gasteiger partial charge in [0, 0.05) is 34.0 Å². The monoisotopic (exact) mass is 373 g/mol. The molecule has 0 aliphatic heterocycles. The van der Waals surface area contributed by atoms with E-state index >= 15 is 0 Å². The lowest BCUT2D eigenvalue weighted by Gasteiger charge is -2.06. The Morgan fingerprint density at radius 2 is 2.04 bits per heavy atom. The van der Waals surface area contributed by atoms with Gasteiger partial charge in [0.15, 0.2) is 0 Å². The molecule has 0 fully saturated rings. The van der Waals surface area contributed by atoms with E-state index in [-0.39, 0.29) is 5.56 Å². The normalized spacial score (nSPS) is 11.4. The first-order valence-corrected chi connectivity index (χ1v) is 9.52. The molecule has 0 N–H and O–H groups in total. The number of benzene rings is 1. The van der Waals surface area contributed by atoms with Gasteiger partial charge in [-0.15, -0.1) is 11.3 Å². The molecule has 4 heterocycles. The van der Waals surface area contributed by atoms with Crippen LogP contribution in [0.25, 0.3) is 32.1 Å². The maximum Gasteiger partial charge on any atom is 0.276 e. The Labute approximate surface area is 158 Å². The summed E-state index contributed by atoms with van der Waals surface area (Å²) in [5.41, 5.74) is 3.64. The van der Waals surface area contributed by atoms with E-state index in [1.165, 1.54) is 16.0 Å². The van der Waals surface area contributed by atoms with Crippen molar-refractivity contribution in [2.45, 2.75) is 13.0 Å². The van der Waals surface area contributed by atoms with Crippen LogP contribution in [0, 0.1) is 0 Å². The number of nitrogens with zero attached hydrogens (tertiary/aromatic N) is 3. The predicted molar refractivity (Wildman–Crippen MR) is 107 cm³/mol. The Balaban J connectivity index is 1.48. The molecular weight excluding hydrogens is 358 g/mol. The average Bonchev–Trinajstić information content (AvgIpc) is 3.37. The Morgan fingerprint density at radius 1 is 1.11 bits per heavy atom. The number of furan rings is 1. The van der Waals surface area contributed by atoms with Gasteiger partial charge in [-0.05, 0) is 18.2 Å². The topological polar surface area (TPSA) is 60.9 Å². The maximum atomic E-state index is 13.0. The van der Waals surface area contributed by atoms with Gasteiger partial charge in [-0.1, -0.05) is 24.3 Å². The molecule has 5 aromatic rings. The van der Waals surface area contributed by atoms with Gasteiger partial charge in [-0.25, -0.2) is 4.68 Å². The fraction of sp³-hybridized carbons (Fsp3) is 0.0952. The van der Waals surface area contributed by atoms with E-state index < -0.39 is 0 Å². The molecule has 5 rings (SSSR count). The fourth-order valence-electron chi connectivity index (χ4n) is 3.25. The van der Waals surface area contributed by atoms with Gasteiger partial charge in [-0.3, -0.25) is 9.78 Å². The molecule has 0 saturated carbocycles. The van der Waals surface area contributed by atoms with E-state index in [2.05, 4.69) is 16.1 Å². The number of hydrogen-bond donors (Lipinski definition) is 0. The highest BCUT2D eigenvalue weighted by molar-refractivity contribution is 7.17. The molecule has 0 unspecified atom stereocenters. The lowest BCUT2D eigenvalue weighted by molar-refractivity contribution is 0.568. The summed E-state index contributed by atoms with van der Waals surface area (Å²) in [5.74, 6) is 0. The number of thiophene rings is 1. The molecule has 0 spiro atoms. The van der Waals surface area contributed by atoms with Crippen LogP contribution in [0.4, 0.5) is 0 Å². The summed E-state index contributed by atoms with van der Waals surface area (Å²) in [6, 6.07) is 14.0. The Bertz CT molecular complexity index is 1300. The third-order valence-corrected chi connectivity index (χ3v) is 5.57. The second kappa shape index (κ2) is 6.48. The summed E-state index contributed by atoms with van der Waals surface area (Å²) in [6.07, 6.45) is 5.68. The Morgan fingerprint density at radius 3 is 2.93 bits per heavy atom. The number of para-hydroxylation sites is 1. The average molecular weight is 373 g/mol. The zero-order valence-electron chi connectivity index (χ0n) is 14.3. The van der Waals surface area contributed by atoms with Crippen molar-refractivity contribution in [2.75, 3.05) is 0 Å². The van der Waals surface area contributed by atoms with Gasteiger partial charge in [0.1, 0.15) is 0 Å². The minimum absolute atomic E-state index is 0.0780. The third-order valence-electron chi connectivity index (χ3n) is 4.65. The molecule has 27 heavy (non-hydrogen) atoms. The van der Waals surface area contributed by atoms with E-state index in [1.54, 1.807) is 18.7 Å². The van der Waals surface area contributed by atoms with Crippen LogP contribution in [0.3, 0.4) is 0 Å². The van der Waals surface area contributed by atoms with Gasteiger partial charge in [0.25, 0.3) is 5.56 Å². The quantitative estimate of drug-likeness (QED) is 0.465. The van der Waals surface area contributed by atoms with Gasteiger partial charge < -0.3 is 4.42 Å². The van der Waals surface area contributed by atoms with Gasteiger partial charge >= 0.3 is 0 Å². The van der Waals surface area contributed by atoms with Crippen molar-refractivity contribution < 1.29 is 4.42 Å². The first-order chi connectivity index (χ1) is 13.3. The van der Waals surface area contributed by atoms with Gasteiger partial charge in [-0.2, -0.15) is 5.10 Å². The Kier molecular flexibility index (Phi) is 3.83. The van der Waals surface area contributed by atoms with Crippen LogP contribution < -0.4 is 5.56 Å². The zero-order chi connectivity index (χ0) is 18.2. The first kappa shape index (κ1) is 16.0. The molecule has 0 aliphatic rings. The van der Waals surface area contributed by atoms with Crippen LogP contribution in [0.1, 0.15) is 5.69 Å². The molecule has 5 nitrogen and oxygen atoms in total. The highest BCUT2D eigenvalue weighted by atomic mass is 32.1. The molecule has 0 atom stereocenters. The number of aryl methyl sites for hydroxylation is 2. The van der Waals surface area contributed by atoms with E-state index in [1.807, 2.05) is 41.8 Å². The van der Waals surface area contributed by atoms with Crippen molar-refractivity contribution in [3.8, 4) is 11.1 Å². The summed E-state index contributed by atoms with van der Waals surface area (Å²) >= 11 is 1.52. The second-order valence-corrected chi connectivity index (χ2v) is 7.23. The summed E-state index contributed by atoms with van der Waals surface area (Å²) in [4.78, 5) is 17.7. The van der Waals surface area contributed by atoms with Crippen LogP contribution >= 0.6 is 11.3 Å². The van der Waals surface area contributed by atoms with Crippen molar-refractivity contribution in [2.24, 2.45) is 0 Å². The molecule has 0 aliphatic carbocycles. The molecular formula is C21H15N3O2S. The number of aromatic nitrogens is 3. The maximum absolute atomic E-state index is 13.0. The van der Waals surface area contributed by atoms with E-state index in [0.29, 0.717) is 18.4 Å². The SMILES string of the molecule is O=c1c2c(-c3ccoc3)csc2cnn1CCc1ccc2ccccc2n1. The molecule has 0 radical (unpaired) electrons. The molecule has 6 heteroatoms. The third kappa shape index (κ3) is 2.84. The Hall–Kier alpha value is -3.25. The molecule has 132 valence electrons. The first-order valence-electron chi connectivity index (χ1n) is 8.64. The van der Waals surface area contributed by atoms with Gasteiger partial charge in [0.2, 0.25) is 0 Å². The van der Waals surface area contributed by atoms with Crippen LogP contribution in [0.5, 0.6) is 0 Å². The highest BCUT2D eigenvalue weighted by Gasteiger charge is 2.13. The lowest BCUT2D eigenvalue weighted by Crippen LogP contribution is -2.23. The lowest BCUT2D eigenvalue weighted by atomic mass is 10.1. The van der Waals surface area contributed by atoms with Crippen molar-refractivity contribution >= 4 is 32.3 Å². The molecule has 1 aromatic carbocycles. The van der Waals surface area contributed by atoms with Gasteiger partial charge in [0.05, 0.1) is 40.9 Å². The van der Waals surface area contributed by atoms with Crippen molar-refractivity contribution in [1.29, 1.82) is 0 Å². The summed E-state index contributed by atoms with van der Waals surface area (Å²) in [7, 11) is 0. The smallest absolute Gasteiger partial charge is 0.276 e. The number of pyridine rings is 1. The number of hydrogen-bond acceptors (Lipinski definition) is 5. The summed E-state index contributed by atoms with van der Waals surface area (Å²) in [5, 5.41) is 8.13. The molecule has 0 amide bonds. The van der Waals surface area contributed by atoms with Crippen LogP contribution in [0.2, 0.25) is 0 Å². The van der Waals surface area contributed by atoms with Crippen molar-refractivity contribution in [1.82, 2.24) is 14.8 Å². The molecule has 0 bridgehead atoms. The van der Waals surface area contributed by atoms with Crippen LogP contribution in [-0.2, 0) is 13.0 Å². The molecule has 4 aromatic heterocycles. The van der Waals surface area contributed by atoms with E-state index in [0.717, 1.165) is 32.4 Å². The predicted octanol–water partition coefficient (Wildman–Crippen LogP) is 4.51. The second-order valence-electron chi connectivity index (χ2n) is 6.32. The largest absolute Gasteiger partial charge is 0.472 e. The zero-order valence-corrected chi connectivity index (χ0v) is 15.1. The summed E-state index contributed by atoms with van der Waals surface area (Å²) in [6.45, 7) is 0.487. The standard InChI is InChI=1S/C21H15N3O2S/c25-21-20-17(15-8-10-26-12-15)13-27-19(20)11-22-24(21)9-7-16-6-5-14-3-1-2-4-18(14)23-16/h1-6,8,10-13H,7,9H2. The van der Waals surface area contributed by atoms with Crippen LogP contribution in [0.15, 0.2) is 75.8 Å². The molecule has 0 saturated heterocycles. The number of rotatable bonds is 4.